The monoisotopic (exact) mass is 240 g/mol. The minimum Gasteiger partial charge on any atom is -0.491 e. The van der Waals surface area contributed by atoms with Crippen LogP contribution in [0.1, 0.15) is 19.8 Å². The van der Waals surface area contributed by atoms with Crippen molar-refractivity contribution in [3.05, 3.63) is 35.9 Å². The maximum absolute atomic E-state index is 13.6. The minimum atomic E-state index is -0.990. The van der Waals surface area contributed by atoms with Crippen LogP contribution in [0.4, 0.5) is 8.78 Å². The largest absolute Gasteiger partial charge is 0.491 e. The Morgan fingerprint density at radius 2 is 1.71 bits per heavy atom. The lowest BCUT2D eigenvalue weighted by Crippen LogP contribution is -2.13. The summed E-state index contributed by atoms with van der Waals surface area (Å²) in [6.45, 7) is 2.01. The third-order valence-electron chi connectivity index (χ3n) is 2.57. The van der Waals surface area contributed by atoms with E-state index in [-0.39, 0.29) is 17.6 Å². The smallest absolute Gasteiger partial charge is 0.204 e. The van der Waals surface area contributed by atoms with E-state index in [2.05, 4.69) is 0 Å². The van der Waals surface area contributed by atoms with Gasteiger partial charge in [0.15, 0.2) is 11.5 Å². The first-order valence-electron chi connectivity index (χ1n) is 5.64. The van der Waals surface area contributed by atoms with Crippen LogP contribution in [0, 0.1) is 11.6 Å². The van der Waals surface area contributed by atoms with Gasteiger partial charge >= 0.3 is 0 Å². The third-order valence-corrected chi connectivity index (χ3v) is 2.57. The summed E-state index contributed by atoms with van der Waals surface area (Å²) in [7, 11) is 0. The van der Waals surface area contributed by atoms with Crippen molar-refractivity contribution in [1.29, 1.82) is 0 Å². The average molecular weight is 240 g/mol. The molecular formula is C13H14F2O2. The van der Waals surface area contributed by atoms with E-state index in [0.29, 0.717) is 6.61 Å². The molecule has 0 unspecified atom stereocenters. The molecule has 0 aliphatic heterocycles. The van der Waals surface area contributed by atoms with Crippen molar-refractivity contribution in [3.8, 4) is 11.5 Å². The Morgan fingerprint density at radius 1 is 1.12 bits per heavy atom. The number of rotatable bonds is 4. The predicted molar refractivity (Wildman–Crippen MR) is 60.3 cm³/mol. The summed E-state index contributed by atoms with van der Waals surface area (Å²) in [5.74, 6) is -2.11. The normalized spacial score (nSPS) is 15.2. The van der Waals surface area contributed by atoms with E-state index < -0.39 is 11.6 Å². The highest BCUT2D eigenvalue weighted by molar-refractivity contribution is 5.35. The van der Waals surface area contributed by atoms with Gasteiger partial charge in [-0.2, -0.15) is 8.78 Å². The van der Waals surface area contributed by atoms with Crippen LogP contribution in [-0.4, -0.2) is 12.7 Å². The molecule has 92 valence electrons. The number of hydrogen-bond donors (Lipinski definition) is 0. The maximum Gasteiger partial charge on any atom is 0.204 e. The molecule has 0 amide bonds. The van der Waals surface area contributed by atoms with Gasteiger partial charge in [-0.1, -0.05) is 12.2 Å². The molecule has 0 radical (unpaired) electrons. The molecule has 1 aliphatic carbocycles. The van der Waals surface area contributed by atoms with E-state index in [0.717, 1.165) is 12.8 Å². The van der Waals surface area contributed by atoms with Crippen molar-refractivity contribution < 1.29 is 18.3 Å². The molecule has 2 rings (SSSR count). The first-order valence-corrected chi connectivity index (χ1v) is 5.64. The predicted octanol–water partition coefficient (Wildman–Crippen LogP) is 3.46. The average Bonchev–Trinajstić information content (AvgIpc) is 2.82. The first kappa shape index (κ1) is 11.9. The standard InChI is InChI=1S/C13H14F2O2/c1-2-16-10-7-8-11(13(15)12(10)14)17-9-5-3-4-6-9/h3-4,7-9H,2,5-6H2,1H3. The van der Waals surface area contributed by atoms with Gasteiger partial charge in [0, 0.05) is 12.8 Å². The SMILES string of the molecule is CCOc1ccc(OC2CC=CC2)c(F)c1F. The van der Waals surface area contributed by atoms with Gasteiger partial charge in [-0.05, 0) is 19.1 Å². The number of halogens is 2. The zero-order valence-corrected chi connectivity index (χ0v) is 9.58. The number of benzene rings is 1. The van der Waals surface area contributed by atoms with E-state index in [4.69, 9.17) is 9.47 Å². The summed E-state index contributed by atoms with van der Waals surface area (Å²) < 4.78 is 37.5. The molecule has 0 spiro atoms. The Kier molecular flexibility index (Phi) is 3.61. The molecule has 1 aromatic rings. The number of hydrogen-bond acceptors (Lipinski definition) is 2. The second-order valence-corrected chi connectivity index (χ2v) is 3.81. The molecule has 0 saturated heterocycles. The van der Waals surface area contributed by atoms with E-state index in [1.54, 1.807) is 6.92 Å². The van der Waals surface area contributed by atoms with E-state index >= 15 is 0 Å². The second kappa shape index (κ2) is 5.17. The molecule has 1 aliphatic rings. The fraction of sp³-hybridized carbons (Fsp3) is 0.385. The maximum atomic E-state index is 13.6. The molecule has 4 heteroatoms. The molecular weight excluding hydrogens is 226 g/mol. The molecule has 17 heavy (non-hydrogen) atoms. The Hall–Kier alpha value is -1.58. The lowest BCUT2D eigenvalue weighted by molar-refractivity contribution is 0.202. The highest BCUT2D eigenvalue weighted by atomic mass is 19.2. The molecule has 0 bridgehead atoms. The molecule has 0 atom stereocenters. The van der Waals surface area contributed by atoms with Gasteiger partial charge in [0.25, 0.3) is 0 Å². The lowest BCUT2D eigenvalue weighted by Gasteiger charge is -2.15. The highest BCUT2D eigenvalue weighted by Crippen LogP contribution is 2.29. The zero-order chi connectivity index (χ0) is 12.3. The number of ether oxygens (including phenoxy) is 2. The zero-order valence-electron chi connectivity index (χ0n) is 9.58. The molecule has 2 nitrogen and oxygen atoms in total. The third kappa shape index (κ3) is 2.57. The Morgan fingerprint density at radius 3 is 2.35 bits per heavy atom. The fourth-order valence-corrected chi connectivity index (χ4v) is 1.74. The summed E-state index contributed by atoms with van der Waals surface area (Å²) in [4.78, 5) is 0. The van der Waals surface area contributed by atoms with Crippen molar-refractivity contribution in [2.45, 2.75) is 25.9 Å². The van der Waals surface area contributed by atoms with E-state index in [1.165, 1.54) is 12.1 Å². The van der Waals surface area contributed by atoms with Crippen LogP contribution in [0.25, 0.3) is 0 Å². The van der Waals surface area contributed by atoms with Gasteiger partial charge in [-0.25, -0.2) is 0 Å². The van der Waals surface area contributed by atoms with Crippen LogP contribution in [0.15, 0.2) is 24.3 Å². The molecule has 1 aromatic carbocycles. The molecule has 0 fully saturated rings. The van der Waals surface area contributed by atoms with Gasteiger partial charge in [0.05, 0.1) is 6.61 Å². The van der Waals surface area contributed by atoms with E-state index in [9.17, 15) is 8.78 Å². The van der Waals surface area contributed by atoms with Crippen molar-refractivity contribution in [2.24, 2.45) is 0 Å². The van der Waals surface area contributed by atoms with Crippen LogP contribution in [0.5, 0.6) is 11.5 Å². The van der Waals surface area contributed by atoms with Gasteiger partial charge in [-0.3, -0.25) is 0 Å². The van der Waals surface area contributed by atoms with E-state index in [1.807, 2.05) is 12.2 Å². The molecule has 0 saturated carbocycles. The van der Waals surface area contributed by atoms with Crippen molar-refractivity contribution in [2.75, 3.05) is 6.61 Å². The highest BCUT2D eigenvalue weighted by Gasteiger charge is 2.19. The summed E-state index contributed by atoms with van der Waals surface area (Å²) in [6, 6.07) is 2.79. The summed E-state index contributed by atoms with van der Waals surface area (Å²) in [6.07, 6.45) is 5.30. The van der Waals surface area contributed by atoms with Crippen molar-refractivity contribution in [3.63, 3.8) is 0 Å². The lowest BCUT2D eigenvalue weighted by atomic mass is 10.2. The Labute approximate surface area is 98.8 Å². The molecule has 0 heterocycles. The van der Waals surface area contributed by atoms with Crippen molar-refractivity contribution in [1.82, 2.24) is 0 Å². The Balaban J connectivity index is 2.15. The second-order valence-electron chi connectivity index (χ2n) is 3.81. The minimum absolute atomic E-state index is 0.0559. The van der Waals surface area contributed by atoms with Crippen LogP contribution in [-0.2, 0) is 0 Å². The summed E-state index contributed by atoms with van der Waals surface area (Å²) in [5.41, 5.74) is 0. The molecule has 0 aromatic heterocycles. The fourth-order valence-electron chi connectivity index (χ4n) is 1.74. The van der Waals surface area contributed by atoms with Gasteiger partial charge in [0.1, 0.15) is 6.10 Å². The van der Waals surface area contributed by atoms with Gasteiger partial charge in [-0.15, -0.1) is 0 Å². The Bertz CT molecular complexity index is 422. The molecule has 0 N–H and O–H groups in total. The van der Waals surface area contributed by atoms with Crippen LogP contribution in [0.2, 0.25) is 0 Å². The van der Waals surface area contributed by atoms with Crippen LogP contribution in [0.3, 0.4) is 0 Å². The van der Waals surface area contributed by atoms with Crippen LogP contribution < -0.4 is 9.47 Å². The van der Waals surface area contributed by atoms with Gasteiger partial charge in [0.2, 0.25) is 11.6 Å². The van der Waals surface area contributed by atoms with Gasteiger partial charge < -0.3 is 9.47 Å². The topological polar surface area (TPSA) is 18.5 Å². The summed E-state index contributed by atoms with van der Waals surface area (Å²) in [5, 5.41) is 0. The van der Waals surface area contributed by atoms with Crippen LogP contribution >= 0.6 is 0 Å². The quantitative estimate of drug-likeness (QED) is 0.750. The first-order chi connectivity index (χ1) is 8.22. The van der Waals surface area contributed by atoms with Crippen molar-refractivity contribution >= 4 is 0 Å². The summed E-state index contributed by atoms with van der Waals surface area (Å²) >= 11 is 0.